The molecular formula is C16H10Br2N2O2S. The van der Waals surface area contributed by atoms with Crippen LogP contribution < -0.4 is 0 Å². The van der Waals surface area contributed by atoms with Crippen LogP contribution in [0.5, 0.6) is 0 Å². The van der Waals surface area contributed by atoms with Crippen LogP contribution in [-0.4, -0.2) is 21.7 Å². The van der Waals surface area contributed by atoms with E-state index in [4.69, 9.17) is 4.42 Å². The van der Waals surface area contributed by atoms with Crippen molar-refractivity contribution < 1.29 is 9.21 Å². The van der Waals surface area contributed by atoms with Gasteiger partial charge in [0, 0.05) is 20.1 Å². The van der Waals surface area contributed by atoms with Crippen molar-refractivity contribution in [1.29, 1.82) is 0 Å². The van der Waals surface area contributed by atoms with E-state index in [9.17, 15) is 4.79 Å². The monoisotopic (exact) mass is 452 g/mol. The van der Waals surface area contributed by atoms with Crippen LogP contribution in [0.25, 0.3) is 11.5 Å². The molecule has 3 rings (SSSR count). The molecule has 0 spiro atoms. The summed E-state index contributed by atoms with van der Waals surface area (Å²) in [7, 11) is 0. The molecule has 7 heteroatoms. The number of rotatable bonds is 5. The molecule has 116 valence electrons. The Hall–Kier alpha value is -1.44. The van der Waals surface area contributed by atoms with Crippen LogP contribution in [0.15, 0.2) is 67.1 Å². The van der Waals surface area contributed by atoms with Crippen LogP contribution >= 0.6 is 43.6 Å². The summed E-state index contributed by atoms with van der Waals surface area (Å²) in [6, 6.07) is 14.8. The number of benzene rings is 2. The van der Waals surface area contributed by atoms with Crippen LogP contribution in [0.4, 0.5) is 0 Å². The van der Waals surface area contributed by atoms with Gasteiger partial charge < -0.3 is 4.42 Å². The predicted molar refractivity (Wildman–Crippen MR) is 96.6 cm³/mol. The highest BCUT2D eigenvalue weighted by Gasteiger charge is 2.12. The van der Waals surface area contributed by atoms with E-state index >= 15 is 0 Å². The van der Waals surface area contributed by atoms with Crippen LogP contribution in [0, 0.1) is 0 Å². The highest BCUT2D eigenvalue weighted by molar-refractivity contribution is 9.10. The molecule has 0 aliphatic rings. The predicted octanol–water partition coefficient (Wildman–Crippen LogP) is 5.24. The number of thioether (sulfide) groups is 1. The summed E-state index contributed by atoms with van der Waals surface area (Å²) in [4.78, 5) is 12.1. The Morgan fingerprint density at radius 1 is 0.957 bits per heavy atom. The number of halogens is 2. The van der Waals surface area contributed by atoms with Crippen LogP contribution in [0.1, 0.15) is 10.4 Å². The van der Waals surface area contributed by atoms with Gasteiger partial charge in [0.1, 0.15) is 0 Å². The molecule has 0 fully saturated rings. The number of carbonyl (C=O) groups excluding carboxylic acids is 1. The molecule has 0 saturated heterocycles. The minimum Gasteiger partial charge on any atom is -0.411 e. The van der Waals surface area contributed by atoms with E-state index in [1.807, 2.05) is 36.4 Å². The van der Waals surface area contributed by atoms with Gasteiger partial charge in [0.25, 0.3) is 5.22 Å². The maximum atomic E-state index is 12.1. The Kier molecular flexibility index (Phi) is 5.30. The van der Waals surface area contributed by atoms with E-state index < -0.39 is 0 Å². The molecule has 4 nitrogen and oxygen atoms in total. The lowest BCUT2D eigenvalue weighted by Crippen LogP contribution is -2.01. The highest BCUT2D eigenvalue weighted by atomic mass is 79.9. The molecule has 2 aromatic carbocycles. The number of hydrogen-bond donors (Lipinski definition) is 0. The fourth-order valence-corrected chi connectivity index (χ4v) is 3.01. The van der Waals surface area contributed by atoms with Gasteiger partial charge in [0.15, 0.2) is 5.78 Å². The first-order valence-corrected chi connectivity index (χ1v) is 9.20. The number of Topliss-reactive ketones (excluding diaryl/α,β-unsaturated/α-hetero) is 1. The van der Waals surface area contributed by atoms with E-state index in [1.165, 1.54) is 11.8 Å². The summed E-state index contributed by atoms with van der Waals surface area (Å²) in [6.45, 7) is 0. The maximum absolute atomic E-state index is 12.1. The first-order valence-electron chi connectivity index (χ1n) is 6.63. The number of aromatic nitrogens is 2. The first kappa shape index (κ1) is 16.4. The minimum atomic E-state index is 0.0193. The second kappa shape index (κ2) is 7.42. The van der Waals surface area contributed by atoms with Gasteiger partial charge in [-0.15, -0.1) is 10.2 Å². The summed E-state index contributed by atoms with van der Waals surface area (Å²) in [5.41, 5.74) is 1.50. The van der Waals surface area contributed by atoms with Crippen molar-refractivity contribution in [3.63, 3.8) is 0 Å². The molecule has 0 bridgehead atoms. The summed E-state index contributed by atoms with van der Waals surface area (Å²) in [6.07, 6.45) is 0. The van der Waals surface area contributed by atoms with Crippen LogP contribution in [0.3, 0.4) is 0 Å². The van der Waals surface area contributed by atoms with Crippen molar-refractivity contribution in [2.45, 2.75) is 5.22 Å². The van der Waals surface area contributed by atoms with Gasteiger partial charge in [0.05, 0.1) is 5.75 Å². The number of nitrogens with zero attached hydrogens (tertiary/aromatic N) is 2. The molecule has 0 radical (unpaired) electrons. The summed E-state index contributed by atoms with van der Waals surface area (Å²) < 4.78 is 7.50. The van der Waals surface area contributed by atoms with E-state index in [2.05, 4.69) is 42.1 Å². The highest BCUT2D eigenvalue weighted by Crippen LogP contribution is 2.25. The molecule has 0 amide bonds. The van der Waals surface area contributed by atoms with Gasteiger partial charge in [-0.2, -0.15) is 0 Å². The van der Waals surface area contributed by atoms with Crippen LogP contribution in [0.2, 0.25) is 0 Å². The molecule has 0 saturated carbocycles. The van der Waals surface area contributed by atoms with Crippen molar-refractivity contribution in [2.75, 3.05) is 5.75 Å². The van der Waals surface area contributed by atoms with E-state index in [0.717, 1.165) is 14.5 Å². The number of carbonyl (C=O) groups is 1. The zero-order chi connectivity index (χ0) is 16.2. The average molecular weight is 454 g/mol. The second-order valence-electron chi connectivity index (χ2n) is 4.60. The van der Waals surface area contributed by atoms with E-state index in [1.54, 1.807) is 12.1 Å². The zero-order valence-corrected chi connectivity index (χ0v) is 15.7. The van der Waals surface area contributed by atoms with E-state index in [-0.39, 0.29) is 11.5 Å². The fourth-order valence-electron chi connectivity index (χ4n) is 1.82. The summed E-state index contributed by atoms with van der Waals surface area (Å²) in [5, 5.41) is 8.36. The molecule has 0 atom stereocenters. The number of hydrogen-bond acceptors (Lipinski definition) is 5. The lowest BCUT2D eigenvalue weighted by Gasteiger charge is -1.99. The molecule has 1 heterocycles. The third-order valence-electron chi connectivity index (χ3n) is 2.99. The number of ketones is 1. The molecule has 0 aliphatic heterocycles. The molecule has 23 heavy (non-hydrogen) atoms. The van der Waals surface area contributed by atoms with Gasteiger partial charge >= 0.3 is 0 Å². The topological polar surface area (TPSA) is 56.0 Å². The minimum absolute atomic E-state index is 0.0193. The third-order valence-corrected chi connectivity index (χ3v) is 4.87. The largest absolute Gasteiger partial charge is 0.411 e. The standard InChI is InChI=1S/C16H10Br2N2O2S/c17-12-5-1-10(2-6-12)14(21)9-23-16-20-19-15(22-16)11-3-7-13(18)8-4-11/h1-8H,9H2. The zero-order valence-electron chi connectivity index (χ0n) is 11.7. The second-order valence-corrected chi connectivity index (χ2v) is 7.36. The van der Waals surface area contributed by atoms with Gasteiger partial charge in [-0.3, -0.25) is 4.79 Å². The van der Waals surface area contributed by atoms with Gasteiger partial charge in [-0.25, -0.2) is 0 Å². The van der Waals surface area contributed by atoms with E-state index in [0.29, 0.717) is 16.7 Å². The molecule has 0 aliphatic carbocycles. The fraction of sp³-hybridized carbons (Fsp3) is 0.0625. The maximum Gasteiger partial charge on any atom is 0.277 e. The smallest absolute Gasteiger partial charge is 0.277 e. The van der Waals surface area contributed by atoms with Crippen molar-refractivity contribution >= 4 is 49.4 Å². The van der Waals surface area contributed by atoms with Gasteiger partial charge in [0.2, 0.25) is 5.89 Å². The van der Waals surface area contributed by atoms with Gasteiger partial charge in [-0.1, -0.05) is 55.8 Å². The third kappa shape index (κ3) is 4.31. The average Bonchev–Trinajstić information content (AvgIpc) is 3.03. The van der Waals surface area contributed by atoms with Crippen molar-refractivity contribution in [3.8, 4) is 11.5 Å². The molecular weight excluding hydrogens is 444 g/mol. The first-order chi connectivity index (χ1) is 11.1. The van der Waals surface area contributed by atoms with Crippen LogP contribution in [-0.2, 0) is 0 Å². The van der Waals surface area contributed by atoms with Crippen molar-refractivity contribution in [3.05, 3.63) is 63.0 Å². The Morgan fingerprint density at radius 2 is 1.57 bits per heavy atom. The molecule has 3 aromatic rings. The normalized spacial score (nSPS) is 10.7. The van der Waals surface area contributed by atoms with Gasteiger partial charge in [-0.05, 0) is 36.4 Å². The molecule has 0 N–H and O–H groups in total. The Balaban J connectivity index is 1.64. The lowest BCUT2D eigenvalue weighted by atomic mass is 10.2. The SMILES string of the molecule is O=C(CSc1nnc(-c2ccc(Br)cc2)o1)c1ccc(Br)cc1. The van der Waals surface area contributed by atoms with Crippen molar-refractivity contribution in [1.82, 2.24) is 10.2 Å². The van der Waals surface area contributed by atoms with Crippen molar-refractivity contribution in [2.24, 2.45) is 0 Å². The summed E-state index contributed by atoms with van der Waals surface area (Å²) >= 11 is 7.96. The quantitative estimate of drug-likeness (QED) is 0.390. The summed E-state index contributed by atoms with van der Waals surface area (Å²) in [5.74, 6) is 0.714. The Labute approximate surface area is 153 Å². The molecule has 0 unspecified atom stereocenters. The lowest BCUT2D eigenvalue weighted by molar-refractivity contribution is 0.102. The molecule has 1 aromatic heterocycles. The Morgan fingerprint density at radius 3 is 2.22 bits per heavy atom. The Bertz CT molecular complexity index is 817.